The summed E-state index contributed by atoms with van der Waals surface area (Å²) in [6.45, 7) is 4.55. The minimum atomic E-state index is -0.304. The standard InChI is InChI=1S/C56H43P/c1-3-15-46-34(2)41-21-10-11-23-47(41)56(46)48-24-12-13-25-50(48)57-51-29-28-38(32-49(51)56)37-26-27-39-30-40-20-14-22-42(52(40)43(39)31-37)45-33-44(35-16-6-4-7-17-35)54-53(55(45)54)36-18-8-5-9-19-36/h3,5-6,8-9,11-20,22-29,31-33,57H,4,7,10,21,30H2,1-2H3/b15-3-. The van der Waals surface area contributed by atoms with Crippen molar-refractivity contribution >= 4 is 24.8 Å². The van der Waals surface area contributed by atoms with Gasteiger partial charge in [0.1, 0.15) is 0 Å². The van der Waals surface area contributed by atoms with Crippen LogP contribution in [0.2, 0.25) is 0 Å². The van der Waals surface area contributed by atoms with E-state index in [-0.39, 0.29) is 5.41 Å². The number of benzene rings is 6. The largest absolute Gasteiger partial charge is 0.0873 e. The molecule has 2 atom stereocenters. The van der Waals surface area contributed by atoms with Gasteiger partial charge in [0, 0.05) is 0 Å². The quantitative estimate of drug-likeness (QED) is 0.154. The second-order valence-electron chi connectivity index (χ2n) is 16.5. The molecular formula is C56H43P. The van der Waals surface area contributed by atoms with E-state index >= 15 is 0 Å². The van der Waals surface area contributed by atoms with Crippen molar-refractivity contribution in [2.24, 2.45) is 0 Å². The molecule has 1 aliphatic heterocycles. The van der Waals surface area contributed by atoms with E-state index < -0.39 is 0 Å². The maximum Gasteiger partial charge on any atom is 0.0719 e. The summed E-state index contributed by atoms with van der Waals surface area (Å²) in [7, 11) is 0.639. The van der Waals surface area contributed by atoms with E-state index in [1.807, 2.05) is 0 Å². The molecule has 2 unspecified atom stereocenters. The Labute approximate surface area is 338 Å². The molecule has 0 saturated heterocycles. The van der Waals surface area contributed by atoms with Crippen molar-refractivity contribution in [1.82, 2.24) is 0 Å². The summed E-state index contributed by atoms with van der Waals surface area (Å²) in [5, 5.41) is 2.94. The van der Waals surface area contributed by atoms with Crippen molar-refractivity contribution in [3.8, 4) is 55.6 Å². The smallest absolute Gasteiger partial charge is 0.0719 e. The molecule has 0 N–H and O–H groups in total. The normalized spacial score (nSPS) is 19.6. The highest BCUT2D eigenvalue weighted by molar-refractivity contribution is 7.56. The highest BCUT2D eigenvalue weighted by Gasteiger charge is 2.50. The summed E-state index contributed by atoms with van der Waals surface area (Å²) in [4.78, 5) is 0. The van der Waals surface area contributed by atoms with Gasteiger partial charge in [0.25, 0.3) is 0 Å². The minimum Gasteiger partial charge on any atom is -0.0873 e. The van der Waals surface area contributed by atoms with Crippen LogP contribution in [0.5, 0.6) is 0 Å². The van der Waals surface area contributed by atoms with Crippen LogP contribution < -0.4 is 10.6 Å². The van der Waals surface area contributed by atoms with Crippen LogP contribution in [-0.4, -0.2) is 0 Å². The topological polar surface area (TPSA) is 0 Å². The molecule has 5 aromatic rings. The summed E-state index contributed by atoms with van der Waals surface area (Å²) in [6, 6.07) is 44.6. The lowest BCUT2D eigenvalue weighted by molar-refractivity contribution is 0.752. The van der Waals surface area contributed by atoms with Crippen molar-refractivity contribution in [2.75, 3.05) is 0 Å². The molecule has 5 aromatic carbocycles. The van der Waals surface area contributed by atoms with E-state index in [2.05, 4.69) is 172 Å². The third kappa shape index (κ3) is 4.72. The van der Waals surface area contributed by atoms with Gasteiger partial charge in [-0.3, -0.25) is 0 Å². The van der Waals surface area contributed by atoms with E-state index in [4.69, 9.17) is 0 Å². The molecule has 12 rings (SSSR count). The third-order valence-electron chi connectivity index (χ3n) is 13.6. The number of allylic oxidation sites excluding steroid dienone is 12. The van der Waals surface area contributed by atoms with Gasteiger partial charge in [-0.2, -0.15) is 0 Å². The predicted octanol–water partition coefficient (Wildman–Crippen LogP) is 13.8. The second-order valence-corrected chi connectivity index (χ2v) is 17.9. The Morgan fingerprint density at radius 2 is 1.39 bits per heavy atom. The van der Waals surface area contributed by atoms with Gasteiger partial charge < -0.3 is 0 Å². The van der Waals surface area contributed by atoms with Crippen molar-refractivity contribution in [2.45, 2.75) is 51.4 Å². The molecular weight excluding hydrogens is 704 g/mol. The van der Waals surface area contributed by atoms with Gasteiger partial charge in [-0.15, -0.1) is 0 Å². The fourth-order valence-corrected chi connectivity index (χ4v) is 12.6. The van der Waals surface area contributed by atoms with Gasteiger partial charge in [-0.1, -0.05) is 148 Å². The zero-order chi connectivity index (χ0) is 37.8. The van der Waals surface area contributed by atoms with Crippen molar-refractivity contribution in [3.63, 3.8) is 0 Å². The molecule has 0 fully saturated rings. The zero-order valence-corrected chi connectivity index (χ0v) is 33.5. The number of hydrogen-bond donors (Lipinski definition) is 0. The molecule has 7 aliphatic rings. The highest BCUT2D eigenvalue weighted by Crippen LogP contribution is 2.62. The van der Waals surface area contributed by atoms with E-state index in [1.165, 1.54) is 116 Å². The molecule has 6 aliphatic carbocycles. The van der Waals surface area contributed by atoms with Crippen LogP contribution in [-0.2, 0) is 11.8 Å². The first kappa shape index (κ1) is 33.3. The second kappa shape index (κ2) is 12.6. The Balaban J connectivity index is 1.02. The van der Waals surface area contributed by atoms with Gasteiger partial charge in [-0.05, 0) is 186 Å². The Kier molecular flexibility index (Phi) is 7.37. The average molecular weight is 747 g/mol. The number of hydrogen-bond acceptors (Lipinski definition) is 0. The van der Waals surface area contributed by atoms with Gasteiger partial charge in [-0.25, -0.2) is 0 Å². The average Bonchev–Trinajstić information content (AvgIpc) is 3.55. The maximum atomic E-state index is 2.57. The fraction of sp³-hybridized carbons (Fsp3) is 0.143. The van der Waals surface area contributed by atoms with E-state index in [9.17, 15) is 0 Å². The molecule has 0 saturated carbocycles. The Hall–Kier alpha value is -5.81. The van der Waals surface area contributed by atoms with E-state index in [0.717, 1.165) is 32.1 Å². The molecule has 0 radical (unpaired) electrons. The SMILES string of the molecule is C/C=C\C1=C(C)C2=C(C=CCC2)C12c1ccccc1Pc1ccc(-c3ccc4c(c3)-c3c(cccc3-c3cc(C5=CCCC=C5)c5c(-c6ccccc6)c3-5)C4)cc12. The third-order valence-corrected chi connectivity index (χ3v) is 15.0. The predicted molar refractivity (Wildman–Crippen MR) is 244 cm³/mol. The monoisotopic (exact) mass is 746 g/mol. The Bertz CT molecular complexity index is 2960. The van der Waals surface area contributed by atoms with Crippen LogP contribution in [0.4, 0.5) is 0 Å². The molecule has 57 heavy (non-hydrogen) atoms. The number of fused-ring (bicyclic) bond motifs is 9. The first-order valence-electron chi connectivity index (χ1n) is 20.8. The van der Waals surface area contributed by atoms with Crippen LogP contribution in [0.15, 0.2) is 180 Å². The first-order chi connectivity index (χ1) is 28.1. The van der Waals surface area contributed by atoms with Crippen LogP contribution in [0.25, 0.3) is 61.2 Å². The van der Waals surface area contributed by atoms with Crippen molar-refractivity contribution in [1.29, 1.82) is 0 Å². The van der Waals surface area contributed by atoms with Crippen molar-refractivity contribution < 1.29 is 0 Å². The van der Waals surface area contributed by atoms with Gasteiger partial charge in [0.2, 0.25) is 0 Å². The Morgan fingerprint density at radius 1 is 0.579 bits per heavy atom. The number of rotatable bonds is 5. The Morgan fingerprint density at radius 3 is 2.26 bits per heavy atom. The molecule has 1 heterocycles. The molecule has 1 heteroatoms. The summed E-state index contributed by atoms with van der Waals surface area (Å²) < 4.78 is 0. The van der Waals surface area contributed by atoms with Crippen LogP contribution in [0.1, 0.15) is 67.3 Å². The van der Waals surface area contributed by atoms with Gasteiger partial charge in [0.15, 0.2) is 0 Å². The van der Waals surface area contributed by atoms with Crippen molar-refractivity contribution in [3.05, 3.63) is 208 Å². The molecule has 0 bridgehead atoms. The summed E-state index contributed by atoms with van der Waals surface area (Å²) in [6.07, 6.45) is 22.1. The van der Waals surface area contributed by atoms with Crippen LogP contribution in [0.3, 0.4) is 0 Å². The first-order valence-corrected chi connectivity index (χ1v) is 21.8. The highest BCUT2D eigenvalue weighted by atomic mass is 31.1. The summed E-state index contributed by atoms with van der Waals surface area (Å²) in [5.74, 6) is 0. The lowest BCUT2D eigenvalue weighted by Crippen LogP contribution is -2.41. The maximum absolute atomic E-state index is 2.57. The van der Waals surface area contributed by atoms with E-state index in [1.54, 1.807) is 5.57 Å². The minimum absolute atomic E-state index is 0.304. The zero-order valence-electron chi connectivity index (χ0n) is 32.5. The lowest BCUT2D eigenvalue weighted by atomic mass is 9.64. The van der Waals surface area contributed by atoms with Crippen LogP contribution in [0, 0.1) is 0 Å². The molecule has 0 nitrogen and oxygen atoms in total. The lowest BCUT2D eigenvalue weighted by Gasteiger charge is -2.42. The van der Waals surface area contributed by atoms with Gasteiger partial charge in [0.05, 0.1) is 5.41 Å². The molecule has 0 amide bonds. The fourth-order valence-electron chi connectivity index (χ4n) is 11.1. The molecule has 1 spiro atoms. The molecule has 272 valence electrons. The molecule has 0 aromatic heterocycles. The summed E-state index contributed by atoms with van der Waals surface area (Å²) in [5.41, 5.74) is 28.0. The van der Waals surface area contributed by atoms with Gasteiger partial charge >= 0.3 is 0 Å². The van der Waals surface area contributed by atoms with E-state index in [0.29, 0.717) is 8.58 Å². The van der Waals surface area contributed by atoms with Crippen LogP contribution >= 0.6 is 8.58 Å². The summed E-state index contributed by atoms with van der Waals surface area (Å²) >= 11 is 0.